The molecule has 1 aliphatic heterocycles. The summed E-state index contributed by atoms with van der Waals surface area (Å²) in [6.45, 7) is 4.20. The van der Waals surface area contributed by atoms with Gasteiger partial charge in [0.05, 0.1) is 22.6 Å². The lowest BCUT2D eigenvalue weighted by atomic mass is 10.2. The molecule has 34 heavy (non-hydrogen) atoms. The maximum Gasteiger partial charge on any atom is 0.244 e. The van der Waals surface area contributed by atoms with Crippen molar-refractivity contribution in [3.8, 4) is 0 Å². The van der Waals surface area contributed by atoms with Gasteiger partial charge in [0.15, 0.2) is 0 Å². The molecule has 176 valence electrons. The summed E-state index contributed by atoms with van der Waals surface area (Å²) in [7, 11) is -3.73. The molecule has 1 aromatic heterocycles. The molecule has 0 amide bonds. The highest BCUT2D eigenvalue weighted by Crippen LogP contribution is 2.31. The molecule has 0 atom stereocenters. The zero-order valence-corrected chi connectivity index (χ0v) is 21.0. The number of benzene rings is 3. The molecule has 3 aromatic carbocycles. The number of hydrogen-bond donors (Lipinski definition) is 0. The van der Waals surface area contributed by atoms with Crippen LogP contribution in [-0.2, 0) is 16.6 Å². The van der Waals surface area contributed by atoms with E-state index in [-0.39, 0.29) is 9.92 Å². The molecule has 0 spiro atoms. The largest absolute Gasteiger partial charge is 0.340 e. The summed E-state index contributed by atoms with van der Waals surface area (Å²) in [6.07, 6.45) is 0. The molecule has 0 bridgehead atoms. The normalized spacial score (nSPS) is 15.2. The minimum atomic E-state index is -3.73. The SMILES string of the molecule is Cc1cc(S(=O)(=O)N2CCN(c3nc4ccccc4n3Cc3ccccc3)CC2)c(Cl)cc1Cl. The molecule has 0 radical (unpaired) electrons. The average molecular weight is 515 g/mol. The monoisotopic (exact) mass is 514 g/mol. The zero-order valence-electron chi connectivity index (χ0n) is 18.7. The number of aryl methyl sites for hydroxylation is 1. The number of halogens is 2. The summed E-state index contributed by atoms with van der Waals surface area (Å²) >= 11 is 12.4. The molecule has 1 aliphatic rings. The number of nitrogens with zero attached hydrogens (tertiary/aromatic N) is 4. The van der Waals surface area contributed by atoms with Crippen LogP contribution in [0.5, 0.6) is 0 Å². The van der Waals surface area contributed by atoms with E-state index in [9.17, 15) is 8.42 Å². The molecular weight excluding hydrogens is 491 g/mol. The van der Waals surface area contributed by atoms with Gasteiger partial charge < -0.3 is 9.47 Å². The van der Waals surface area contributed by atoms with Crippen molar-refractivity contribution in [1.82, 2.24) is 13.9 Å². The maximum atomic E-state index is 13.3. The first-order valence-electron chi connectivity index (χ1n) is 11.0. The minimum absolute atomic E-state index is 0.0980. The van der Waals surface area contributed by atoms with Gasteiger partial charge in [-0.3, -0.25) is 0 Å². The van der Waals surface area contributed by atoms with Crippen LogP contribution < -0.4 is 4.90 Å². The van der Waals surface area contributed by atoms with E-state index in [2.05, 4.69) is 27.7 Å². The lowest BCUT2D eigenvalue weighted by Gasteiger charge is -2.35. The molecule has 4 aromatic rings. The van der Waals surface area contributed by atoms with Crippen LogP contribution in [0.3, 0.4) is 0 Å². The smallest absolute Gasteiger partial charge is 0.244 e. The highest BCUT2D eigenvalue weighted by atomic mass is 35.5. The van der Waals surface area contributed by atoms with E-state index in [1.807, 2.05) is 36.4 Å². The molecule has 1 saturated heterocycles. The lowest BCUT2D eigenvalue weighted by molar-refractivity contribution is 0.381. The van der Waals surface area contributed by atoms with Gasteiger partial charge in [0.1, 0.15) is 4.90 Å². The first kappa shape index (κ1) is 23.2. The number of piperazine rings is 1. The van der Waals surface area contributed by atoms with Crippen LogP contribution in [0.4, 0.5) is 5.95 Å². The summed E-state index contributed by atoms with van der Waals surface area (Å²) in [6, 6.07) is 21.4. The standard InChI is InChI=1S/C25H24Cl2N4O2S/c1-18-15-24(21(27)16-20(18)26)34(32,33)30-13-11-29(12-14-30)25-28-22-9-5-6-10-23(22)31(25)17-19-7-3-2-4-8-19/h2-10,15-16H,11-14,17H2,1H3. The summed E-state index contributed by atoms with van der Waals surface area (Å²) < 4.78 is 30.3. The topological polar surface area (TPSA) is 58.4 Å². The Morgan fingerprint density at radius 1 is 0.882 bits per heavy atom. The van der Waals surface area contributed by atoms with Crippen molar-refractivity contribution in [1.29, 1.82) is 0 Å². The number of sulfonamides is 1. The van der Waals surface area contributed by atoms with Gasteiger partial charge in [0.2, 0.25) is 16.0 Å². The third kappa shape index (κ3) is 4.29. The summed E-state index contributed by atoms with van der Waals surface area (Å²) in [5, 5.41) is 0.591. The van der Waals surface area contributed by atoms with Crippen LogP contribution in [0.15, 0.2) is 71.6 Å². The fourth-order valence-corrected chi connectivity index (χ4v) is 6.55. The van der Waals surface area contributed by atoms with E-state index >= 15 is 0 Å². The molecule has 6 nitrogen and oxygen atoms in total. The van der Waals surface area contributed by atoms with Crippen molar-refractivity contribution in [2.75, 3.05) is 31.1 Å². The van der Waals surface area contributed by atoms with Crippen molar-refractivity contribution in [2.45, 2.75) is 18.4 Å². The fourth-order valence-electron chi connectivity index (χ4n) is 4.32. The second kappa shape index (κ2) is 9.23. The molecule has 0 aliphatic carbocycles. The predicted molar refractivity (Wildman–Crippen MR) is 137 cm³/mol. The molecular formula is C25H24Cl2N4O2S. The Labute approximate surface area is 209 Å². The maximum absolute atomic E-state index is 13.3. The van der Waals surface area contributed by atoms with Gasteiger partial charge in [-0.25, -0.2) is 13.4 Å². The molecule has 0 saturated carbocycles. The molecule has 1 fully saturated rings. The second-order valence-corrected chi connectivity index (χ2v) is 11.1. The van der Waals surface area contributed by atoms with Gasteiger partial charge in [-0.1, -0.05) is 65.7 Å². The molecule has 5 rings (SSSR count). The van der Waals surface area contributed by atoms with E-state index in [1.54, 1.807) is 13.0 Å². The number of imidazole rings is 1. The summed E-state index contributed by atoms with van der Waals surface area (Å²) in [4.78, 5) is 7.15. The van der Waals surface area contributed by atoms with E-state index < -0.39 is 10.0 Å². The van der Waals surface area contributed by atoms with Crippen LogP contribution in [0.25, 0.3) is 11.0 Å². The highest BCUT2D eigenvalue weighted by Gasteiger charge is 2.32. The Hall–Kier alpha value is -2.58. The van der Waals surface area contributed by atoms with Crippen molar-refractivity contribution in [2.24, 2.45) is 0 Å². The number of hydrogen-bond acceptors (Lipinski definition) is 4. The lowest BCUT2D eigenvalue weighted by Crippen LogP contribution is -2.49. The first-order valence-corrected chi connectivity index (χ1v) is 13.2. The van der Waals surface area contributed by atoms with Gasteiger partial charge in [0, 0.05) is 31.2 Å². The first-order chi connectivity index (χ1) is 16.3. The highest BCUT2D eigenvalue weighted by molar-refractivity contribution is 7.89. The van der Waals surface area contributed by atoms with E-state index in [4.69, 9.17) is 28.2 Å². The van der Waals surface area contributed by atoms with Crippen LogP contribution >= 0.6 is 23.2 Å². The number of fused-ring (bicyclic) bond motifs is 1. The third-order valence-electron chi connectivity index (χ3n) is 6.17. The summed E-state index contributed by atoms with van der Waals surface area (Å²) in [5.41, 5.74) is 3.84. The molecule has 0 unspecified atom stereocenters. The quantitative estimate of drug-likeness (QED) is 0.366. The van der Waals surface area contributed by atoms with Crippen LogP contribution in [0.2, 0.25) is 10.0 Å². The van der Waals surface area contributed by atoms with Crippen molar-refractivity contribution in [3.05, 3.63) is 87.9 Å². The van der Waals surface area contributed by atoms with Crippen LogP contribution in [0, 0.1) is 6.92 Å². The molecule has 9 heteroatoms. The Morgan fingerprint density at radius 2 is 1.56 bits per heavy atom. The van der Waals surface area contributed by atoms with Crippen LogP contribution in [0.1, 0.15) is 11.1 Å². The zero-order chi connectivity index (χ0) is 23.9. The van der Waals surface area contributed by atoms with Crippen LogP contribution in [-0.4, -0.2) is 48.5 Å². The Bertz CT molecular complexity index is 1450. The average Bonchev–Trinajstić information content (AvgIpc) is 3.20. The van der Waals surface area contributed by atoms with E-state index in [0.29, 0.717) is 43.3 Å². The van der Waals surface area contributed by atoms with Gasteiger partial charge in [-0.05, 0) is 42.3 Å². The van der Waals surface area contributed by atoms with Crippen molar-refractivity contribution in [3.63, 3.8) is 0 Å². The van der Waals surface area contributed by atoms with Crippen molar-refractivity contribution < 1.29 is 8.42 Å². The van der Waals surface area contributed by atoms with Gasteiger partial charge in [-0.2, -0.15) is 4.31 Å². The van der Waals surface area contributed by atoms with Gasteiger partial charge in [0.25, 0.3) is 0 Å². The van der Waals surface area contributed by atoms with E-state index in [0.717, 1.165) is 17.0 Å². The molecule has 2 heterocycles. The Kier molecular flexibility index (Phi) is 6.29. The number of para-hydroxylation sites is 2. The second-order valence-electron chi connectivity index (χ2n) is 8.40. The number of aromatic nitrogens is 2. The minimum Gasteiger partial charge on any atom is -0.340 e. The Balaban J connectivity index is 1.41. The fraction of sp³-hybridized carbons (Fsp3) is 0.240. The van der Waals surface area contributed by atoms with Gasteiger partial charge in [-0.15, -0.1) is 0 Å². The van der Waals surface area contributed by atoms with E-state index in [1.165, 1.54) is 15.9 Å². The third-order valence-corrected chi connectivity index (χ3v) is 8.94. The number of anilines is 1. The molecule has 0 N–H and O–H groups in total. The Morgan fingerprint density at radius 3 is 2.29 bits per heavy atom. The summed E-state index contributed by atoms with van der Waals surface area (Å²) in [5.74, 6) is 0.850. The van der Waals surface area contributed by atoms with Crippen molar-refractivity contribution >= 4 is 50.2 Å². The number of rotatable bonds is 5. The van der Waals surface area contributed by atoms with Gasteiger partial charge >= 0.3 is 0 Å². The predicted octanol–water partition coefficient (Wildman–Crippen LogP) is 5.21.